The van der Waals surface area contributed by atoms with Gasteiger partial charge in [0, 0.05) is 24.7 Å². The number of hydrogen-bond acceptors (Lipinski definition) is 5. The largest absolute Gasteiger partial charge is 0.351 e. The zero-order chi connectivity index (χ0) is 20.6. The van der Waals surface area contributed by atoms with Crippen LogP contribution in [0.5, 0.6) is 0 Å². The van der Waals surface area contributed by atoms with Gasteiger partial charge in [-0.2, -0.15) is 0 Å². The van der Waals surface area contributed by atoms with Crippen LogP contribution in [0.25, 0.3) is 10.2 Å². The lowest BCUT2D eigenvalue weighted by Crippen LogP contribution is -2.63. The standard InChI is InChI=1S/C21H24ClN5OS/c1-14(15-5-4-6-16(22)11-15)25-20(28)27-9-8-26(12-21(27,2)3)19-18-17(7-10-29-18)23-13-24-19/h4-7,10-11,13-14H,8-9,12H2,1-3H3,(H,25,28)/t14-/m0/s1. The second kappa shape index (κ2) is 7.80. The predicted molar refractivity (Wildman–Crippen MR) is 119 cm³/mol. The maximum Gasteiger partial charge on any atom is 0.318 e. The van der Waals surface area contributed by atoms with Gasteiger partial charge in [0.25, 0.3) is 0 Å². The van der Waals surface area contributed by atoms with Crippen LogP contribution in [0.1, 0.15) is 32.4 Å². The van der Waals surface area contributed by atoms with Gasteiger partial charge in [-0.3, -0.25) is 0 Å². The quantitative estimate of drug-likeness (QED) is 0.654. The van der Waals surface area contributed by atoms with Crippen LogP contribution in [0.3, 0.4) is 0 Å². The van der Waals surface area contributed by atoms with E-state index in [1.54, 1.807) is 17.7 Å². The third kappa shape index (κ3) is 4.02. The zero-order valence-corrected chi connectivity index (χ0v) is 18.3. The van der Waals surface area contributed by atoms with Crippen molar-refractivity contribution in [3.8, 4) is 0 Å². The summed E-state index contributed by atoms with van der Waals surface area (Å²) in [7, 11) is 0. The number of rotatable bonds is 3. The highest BCUT2D eigenvalue weighted by Crippen LogP contribution is 2.32. The van der Waals surface area contributed by atoms with Crippen molar-refractivity contribution in [2.75, 3.05) is 24.5 Å². The minimum Gasteiger partial charge on any atom is -0.351 e. The minimum absolute atomic E-state index is 0.0638. The van der Waals surface area contributed by atoms with Crippen molar-refractivity contribution in [2.45, 2.75) is 32.4 Å². The first-order chi connectivity index (χ1) is 13.8. The molecular weight excluding hydrogens is 406 g/mol. The van der Waals surface area contributed by atoms with E-state index in [2.05, 4.69) is 34.0 Å². The van der Waals surface area contributed by atoms with Gasteiger partial charge in [-0.25, -0.2) is 14.8 Å². The normalized spacial score (nSPS) is 17.4. The summed E-state index contributed by atoms with van der Waals surface area (Å²) >= 11 is 7.74. The van der Waals surface area contributed by atoms with E-state index >= 15 is 0 Å². The van der Waals surface area contributed by atoms with Crippen molar-refractivity contribution >= 4 is 45.0 Å². The Morgan fingerprint density at radius 3 is 2.86 bits per heavy atom. The van der Waals surface area contributed by atoms with E-state index in [-0.39, 0.29) is 17.6 Å². The fourth-order valence-corrected chi connectivity index (χ4v) is 4.90. The molecular formula is C21H24ClN5OS. The third-order valence-corrected chi connectivity index (χ3v) is 6.49. The highest BCUT2D eigenvalue weighted by atomic mass is 35.5. The summed E-state index contributed by atoms with van der Waals surface area (Å²) in [6.45, 7) is 8.22. The smallest absolute Gasteiger partial charge is 0.318 e. The van der Waals surface area contributed by atoms with E-state index in [1.165, 1.54) is 0 Å². The first kappa shape index (κ1) is 19.9. The average Bonchev–Trinajstić information content (AvgIpc) is 3.15. The zero-order valence-electron chi connectivity index (χ0n) is 16.7. The molecule has 8 heteroatoms. The molecule has 1 fully saturated rings. The lowest BCUT2D eigenvalue weighted by molar-refractivity contribution is 0.121. The van der Waals surface area contributed by atoms with Gasteiger partial charge >= 0.3 is 6.03 Å². The number of benzene rings is 1. The summed E-state index contributed by atoms with van der Waals surface area (Å²) in [5.41, 5.74) is 1.61. The van der Waals surface area contributed by atoms with Crippen LogP contribution in [0, 0.1) is 0 Å². The Morgan fingerprint density at radius 2 is 2.10 bits per heavy atom. The average molecular weight is 430 g/mol. The fraction of sp³-hybridized carbons (Fsp3) is 0.381. The van der Waals surface area contributed by atoms with Gasteiger partial charge < -0.3 is 15.1 Å². The molecule has 1 N–H and O–H groups in total. The van der Waals surface area contributed by atoms with Crippen molar-refractivity contribution in [1.82, 2.24) is 20.2 Å². The van der Waals surface area contributed by atoms with E-state index in [0.717, 1.165) is 28.1 Å². The van der Waals surface area contributed by atoms with E-state index < -0.39 is 0 Å². The number of hydrogen-bond donors (Lipinski definition) is 1. The maximum absolute atomic E-state index is 13.0. The van der Waals surface area contributed by atoms with Gasteiger partial charge in [0.15, 0.2) is 0 Å². The number of urea groups is 1. The monoisotopic (exact) mass is 429 g/mol. The summed E-state index contributed by atoms with van der Waals surface area (Å²) in [5, 5.41) is 5.82. The molecule has 4 rings (SSSR count). The molecule has 3 heterocycles. The van der Waals surface area contributed by atoms with Crippen LogP contribution in [-0.4, -0.2) is 46.1 Å². The highest BCUT2D eigenvalue weighted by Gasteiger charge is 2.38. The van der Waals surface area contributed by atoms with Crippen molar-refractivity contribution in [3.05, 3.63) is 52.6 Å². The second-order valence-electron chi connectivity index (χ2n) is 7.94. The predicted octanol–water partition coefficient (Wildman–Crippen LogP) is 4.72. The van der Waals surface area contributed by atoms with Crippen molar-refractivity contribution in [1.29, 1.82) is 0 Å². The molecule has 2 amide bonds. The molecule has 0 spiro atoms. The van der Waals surface area contributed by atoms with Crippen LogP contribution < -0.4 is 10.2 Å². The van der Waals surface area contributed by atoms with Crippen LogP contribution in [0.15, 0.2) is 42.0 Å². The molecule has 3 aromatic rings. The van der Waals surface area contributed by atoms with E-state index in [4.69, 9.17) is 11.6 Å². The number of amides is 2. The van der Waals surface area contributed by atoms with Crippen molar-refractivity contribution in [2.24, 2.45) is 0 Å². The second-order valence-corrected chi connectivity index (χ2v) is 9.30. The summed E-state index contributed by atoms with van der Waals surface area (Å²) in [5.74, 6) is 0.949. The number of carbonyl (C=O) groups is 1. The van der Waals surface area contributed by atoms with Gasteiger partial charge in [-0.05, 0) is 49.9 Å². The SMILES string of the molecule is C[C@H](NC(=O)N1CCN(c2ncnc3ccsc23)CC1(C)C)c1cccc(Cl)c1. The van der Waals surface area contributed by atoms with Crippen LogP contribution >= 0.6 is 22.9 Å². The number of anilines is 1. The highest BCUT2D eigenvalue weighted by molar-refractivity contribution is 7.17. The van der Waals surface area contributed by atoms with Crippen LogP contribution in [0.4, 0.5) is 10.6 Å². The summed E-state index contributed by atoms with van der Waals surface area (Å²) in [6, 6.07) is 9.42. The van der Waals surface area contributed by atoms with Gasteiger partial charge in [-0.1, -0.05) is 23.7 Å². The van der Waals surface area contributed by atoms with E-state index in [1.807, 2.05) is 47.5 Å². The van der Waals surface area contributed by atoms with Gasteiger partial charge in [0.1, 0.15) is 12.1 Å². The molecule has 1 aliphatic rings. The molecule has 152 valence electrons. The number of thiophene rings is 1. The fourth-order valence-electron chi connectivity index (χ4n) is 3.84. The molecule has 1 saturated heterocycles. The lowest BCUT2D eigenvalue weighted by Gasteiger charge is -2.47. The van der Waals surface area contributed by atoms with Crippen molar-refractivity contribution in [3.63, 3.8) is 0 Å². The first-order valence-electron chi connectivity index (χ1n) is 9.62. The molecule has 0 aliphatic carbocycles. The van der Waals surface area contributed by atoms with Crippen molar-refractivity contribution < 1.29 is 4.79 Å². The van der Waals surface area contributed by atoms with Gasteiger partial charge in [0.2, 0.25) is 0 Å². The third-order valence-electron chi connectivity index (χ3n) is 5.36. The number of nitrogens with zero attached hydrogens (tertiary/aromatic N) is 4. The Morgan fingerprint density at radius 1 is 1.28 bits per heavy atom. The lowest BCUT2D eigenvalue weighted by atomic mass is 9.99. The molecule has 6 nitrogen and oxygen atoms in total. The Hall–Kier alpha value is -2.38. The van der Waals surface area contributed by atoms with Crippen LogP contribution in [0.2, 0.25) is 5.02 Å². The number of halogens is 1. The number of piperazine rings is 1. The molecule has 1 atom stereocenters. The summed E-state index contributed by atoms with van der Waals surface area (Å²) < 4.78 is 1.09. The number of fused-ring (bicyclic) bond motifs is 1. The summed E-state index contributed by atoms with van der Waals surface area (Å²) in [4.78, 5) is 26.1. The number of carbonyl (C=O) groups excluding carboxylic acids is 1. The minimum atomic E-state index is -0.342. The molecule has 2 aromatic heterocycles. The Bertz CT molecular complexity index is 1040. The molecule has 1 aromatic carbocycles. The Labute approximate surface area is 179 Å². The van der Waals surface area contributed by atoms with Gasteiger partial charge in [0.05, 0.1) is 21.8 Å². The number of aromatic nitrogens is 2. The van der Waals surface area contributed by atoms with E-state index in [0.29, 0.717) is 18.1 Å². The maximum atomic E-state index is 13.0. The van der Waals surface area contributed by atoms with Gasteiger partial charge in [-0.15, -0.1) is 11.3 Å². The molecule has 0 radical (unpaired) electrons. The van der Waals surface area contributed by atoms with E-state index in [9.17, 15) is 4.79 Å². The molecule has 1 aliphatic heterocycles. The molecule has 0 unspecified atom stereocenters. The molecule has 0 saturated carbocycles. The molecule has 0 bridgehead atoms. The number of nitrogens with one attached hydrogen (secondary N) is 1. The molecule has 29 heavy (non-hydrogen) atoms. The summed E-state index contributed by atoms with van der Waals surface area (Å²) in [6.07, 6.45) is 1.61. The topological polar surface area (TPSA) is 61.4 Å². The first-order valence-corrected chi connectivity index (χ1v) is 10.9. The van der Waals surface area contributed by atoms with Crippen LogP contribution in [-0.2, 0) is 0 Å². The Kier molecular flexibility index (Phi) is 5.36. The Balaban J connectivity index is 1.48.